The molecule has 0 heterocycles. The van der Waals surface area contributed by atoms with Gasteiger partial charge in [0.15, 0.2) is 0 Å². The summed E-state index contributed by atoms with van der Waals surface area (Å²) in [4.78, 5) is 23.8. The number of aliphatic hydroxyl groups excluding tert-OH is 1. The maximum absolute atomic E-state index is 12.0. The molecule has 0 aliphatic heterocycles. The number of carbonyl (C=O) groups excluding carboxylic acids is 2. The summed E-state index contributed by atoms with van der Waals surface area (Å²) in [6.45, 7) is 7.83. The highest BCUT2D eigenvalue weighted by atomic mass is 16.3. The molecule has 122 valence electrons. The quantitative estimate of drug-likeness (QED) is 0.756. The molecule has 0 spiro atoms. The molecule has 1 rings (SSSR count). The number of carbonyl (C=O) groups is 2. The summed E-state index contributed by atoms with van der Waals surface area (Å²) in [5.74, 6) is -0.274. The van der Waals surface area contributed by atoms with Crippen molar-refractivity contribution in [3.63, 3.8) is 0 Å². The molecule has 1 aromatic rings. The lowest BCUT2D eigenvalue weighted by Gasteiger charge is -2.17. The summed E-state index contributed by atoms with van der Waals surface area (Å²) >= 11 is 0. The molecule has 0 fully saturated rings. The lowest BCUT2D eigenvalue weighted by atomic mass is 9.92. The highest BCUT2D eigenvalue weighted by Gasteiger charge is 2.16. The van der Waals surface area contributed by atoms with Gasteiger partial charge in [-0.1, -0.05) is 27.7 Å². The van der Waals surface area contributed by atoms with Gasteiger partial charge in [-0.05, 0) is 36.1 Å². The van der Waals surface area contributed by atoms with Crippen LogP contribution in [0.2, 0.25) is 0 Å². The van der Waals surface area contributed by atoms with E-state index in [2.05, 4.69) is 10.6 Å². The molecule has 22 heavy (non-hydrogen) atoms. The molecular formula is C17H26N2O3. The molecule has 5 nitrogen and oxygen atoms in total. The Hall–Kier alpha value is -1.88. The van der Waals surface area contributed by atoms with Crippen molar-refractivity contribution in [3.05, 3.63) is 29.8 Å². The van der Waals surface area contributed by atoms with Crippen molar-refractivity contribution in [2.24, 2.45) is 5.41 Å². The van der Waals surface area contributed by atoms with Crippen LogP contribution in [0.5, 0.6) is 0 Å². The number of amides is 2. The Balaban J connectivity index is 2.63. The Morgan fingerprint density at radius 2 is 1.77 bits per heavy atom. The van der Waals surface area contributed by atoms with Crippen molar-refractivity contribution in [1.82, 2.24) is 5.32 Å². The van der Waals surface area contributed by atoms with Crippen LogP contribution in [-0.4, -0.2) is 29.6 Å². The zero-order valence-corrected chi connectivity index (χ0v) is 13.8. The monoisotopic (exact) mass is 306 g/mol. The average molecular weight is 306 g/mol. The van der Waals surface area contributed by atoms with Gasteiger partial charge in [-0.25, -0.2) is 0 Å². The van der Waals surface area contributed by atoms with Gasteiger partial charge in [-0.15, -0.1) is 0 Å². The van der Waals surface area contributed by atoms with Crippen molar-refractivity contribution >= 4 is 17.5 Å². The van der Waals surface area contributed by atoms with Crippen LogP contribution < -0.4 is 10.6 Å². The van der Waals surface area contributed by atoms with Crippen LogP contribution in [0.4, 0.5) is 5.69 Å². The highest BCUT2D eigenvalue weighted by molar-refractivity contribution is 5.96. The van der Waals surface area contributed by atoms with Gasteiger partial charge in [-0.2, -0.15) is 0 Å². The number of hydrogen-bond acceptors (Lipinski definition) is 3. The maximum Gasteiger partial charge on any atom is 0.251 e. The first kappa shape index (κ1) is 18.2. The Kier molecular flexibility index (Phi) is 6.56. The average Bonchev–Trinajstić information content (AvgIpc) is 2.43. The molecular weight excluding hydrogens is 280 g/mol. The van der Waals surface area contributed by atoms with Gasteiger partial charge in [0.25, 0.3) is 5.91 Å². The predicted molar refractivity (Wildman–Crippen MR) is 87.8 cm³/mol. The van der Waals surface area contributed by atoms with Crippen LogP contribution in [0.1, 0.15) is 50.9 Å². The second-order valence-corrected chi connectivity index (χ2v) is 6.62. The molecule has 0 bridgehead atoms. The molecule has 1 atom stereocenters. The van der Waals surface area contributed by atoms with Gasteiger partial charge in [0.2, 0.25) is 5.91 Å². The van der Waals surface area contributed by atoms with Gasteiger partial charge in [0.05, 0.1) is 12.6 Å². The first-order valence-corrected chi connectivity index (χ1v) is 7.57. The van der Waals surface area contributed by atoms with Crippen LogP contribution in [0, 0.1) is 5.41 Å². The predicted octanol–water partition coefficient (Wildman–Crippen LogP) is 2.56. The van der Waals surface area contributed by atoms with E-state index in [-0.39, 0.29) is 29.9 Å². The number of hydrogen-bond donors (Lipinski definition) is 3. The van der Waals surface area contributed by atoms with Crippen molar-refractivity contribution in [2.45, 2.75) is 46.6 Å². The maximum atomic E-state index is 12.0. The minimum atomic E-state index is -0.237. The van der Waals surface area contributed by atoms with Gasteiger partial charge < -0.3 is 15.7 Å². The van der Waals surface area contributed by atoms with E-state index in [4.69, 9.17) is 5.11 Å². The Labute approximate surface area is 132 Å². The Morgan fingerprint density at radius 3 is 2.23 bits per heavy atom. The number of anilines is 1. The Bertz CT molecular complexity index is 500. The van der Waals surface area contributed by atoms with Gasteiger partial charge in [0, 0.05) is 17.7 Å². The topological polar surface area (TPSA) is 78.4 Å². The van der Waals surface area contributed by atoms with E-state index in [1.54, 1.807) is 24.3 Å². The summed E-state index contributed by atoms with van der Waals surface area (Å²) in [5, 5.41) is 14.7. The third-order valence-electron chi connectivity index (χ3n) is 3.17. The third kappa shape index (κ3) is 6.26. The molecule has 1 unspecified atom stereocenters. The first-order valence-electron chi connectivity index (χ1n) is 7.57. The zero-order chi connectivity index (χ0) is 16.8. The van der Waals surface area contributed by atoms with Crippen molar-refractivity contribution < 1.29 is 14.7 Å². The molecule has 0 aliphatic carbocycles. The fraction of sp³-hybridized carbons (Fsp3) is 0.529. The first-order chi connectivity index (χ1) is 10.2. The molecule has 3 N–H and O–H groups in total. The molecule has 2 amide bonds. The SMILES string of the molecule is CCC(CO)NC(=O)c1ccc(NC(=O)CC(C)(C)C)cc1. The molecule has 5 heteroatoms. The molecule has 0 radical (unpaired) electrons. The van der Waals surface area contributed by atoms with E-state index in [0.717, 1.165) is 0 Å². The Morgan fingerprint density at radius 1 is 1.18 bits per heavy atom. The van der Waals surface area contributed by atoms with E-state index < -0.39 is 0 Å². The smallest absolute Gasteiger partial charge is 0.251 e. The van der Waals surface area contributed by atoms with E-state index in [0.29, 0.717) is 24.1 Å². The standard InChI is InChI=1S/C17H26N2O3/c1-5-13(11-20)19-16(22)12-6-8-14(9-7-12)18-15(21)10-17(2,3)4/h6-9,13,20H,5,10-11H2,1-4H3,(H,18,21)(H,19,22). The van der Waals surface area contributed by atoms with Crippen molar-refractivity contribution in [3.8, 4) is 0 Å². The number of aliphatic hydroxyl groups is 1. The van der Waals surface area contributed by atoms with Crippen LogP contribution in [-0.2, 0) is 4.79 Å². The molecule has 1 aromatic carbocycles. The van der Waals surface area contributed by atoms with E-state index in [9.17, 15) is 9.59 Å². The number of benzene rings is 1. The zero-order valence-electron chi connectivity index (χ0n) is 13.8. The summed E-state index contributed by atoms with van der Waals surface area (Å²) in [7, 11) is 0. The van der Waals surface area contributed by atoms with E-state index >= 15 is 0 Å². The van der Waals surface area contributed by atoms with E-state index in [1.807, 2.05) is 27.7 Å². The lowest BCUT2D eigenvalue weighted by molar-refractivity contribution is -0.117. The molecule has 0 saturated heterocycles. The largest absolute Gasteiger partial charge is 0.394 e. The van der Waals surface area contributed by atoms with E-state index in [1.165, 1.54) is 0 Å². The lowest BCUT2D eigenvalue weighted by Crippen LogP contribution is -2.36. The summed E-state index contributed by atoms with van der Waals surface area (Å²) < 4.78 is 0. The van der Waals surface area contributed by atoms with Crippen LogP contribution in [0.3, 0.4) is 0 Å². The summed E-state index contributed by atoms with van der Waals surface area (Å²) in [6, 6.07) is 6.49. The third-order valence-corrected chi connectivity index (χ3v) is 3.17. The van der Waals surface area contributed by atoms with Crippen LogP contribution in [0.25, 0.3) is 0 Å². The number of nitrogens with one attached hydrogen (secondary N) is 2. The van der Waals surface area contributed by atoms with Gasteiger partial charge >= 0.3 is 0 Å². The fourth-order valence-corrected chi connectivity index (χ4v) is 1.94. The minimum absolute atomic E-state index is 0.0453. The fourth-order valence-electron chi connectivity index (χ4n) is 1.94. The second kappa shape index (κ2) is 7.94. The number of rotatable bonds is 6. The minimum Gasteiger partial charge on any atom is -0.394 e. The van der Waals surface area contributed by atoms with Gasteiger partial charge in [0.1, 0.15) is 0 Å². The highest BCUT2D eigenvalue weighted by Crippen LogP contribution is 2.19. The van der Waals surface area contributed by atoms with Crippen LogP contribution in [0.15, 0.2) is 24.3 Å². The molecule has 0 aliphatic rings. The second-order valence-electron chi connectivity index (χ2n) is 6.62. The van der Waals surface area contributed by atoms with Crippen molar-refractivity contribution in [1.29, 1.82) is 0 Å². The summed E-state index contributed by atoms with van der Waals surface area (Å²) in [5.41, 5.74) is 1.10. The van der Waals surface area contributed by atoms with Crippen LogP contribution >= 0.6 is 0 Å². The normalized spacial score (nSPS) is 12.6. The van der Waals surface area contributed by atoms with Gasteiger partial charge in [-0.3, -0.25) is 9.59 Å². The summed E-state index contributed by atoms with van der Waals surface area (Å²) in [6.07, 6.45) is 1.10. The van der Waals surface area contributed by atoms with Crippen molar-refractivity contribution in [2.75, 3.05) is 11.9 Å². The molecule has 0 saturated carbocycles. The molecule has 0 aromatic heterocycles.